The fourth-order valence-electron chi connectivity index (χ4n) is 1.09. The molecule has 2 aromatic rings. The van der Waals surface area contributed by atoms with Crippen molar-refractivity contribution >= 4 is 5.69 Å². The second-order valence-corrected chi connectivity index (χ2v) is 2.88. The second-order valence-electron chi connectivity index (χ2n) is 2.88. The van der Waals surface area contributed by atoms with Gasteiger partial charge in [0.05, 0.1) is 5.69 Å². The Labute approximate surface area is 79.5 Å². The number of anilines is 1. The van der Waals surface area contributed by atoms with Crippen molar-refractivity contribution in [2.75, 3.05) is 5.73 Å². The third-order valence-electron chi connectivity index (χ3n) is 1.77. The van der Waals surface area contributed by atoms with Gasteiger partial charge >= 0.3 is 0 Å². The van der Waals surface area contributed by atoms with E-state index in [1.165, 1.54) is 12.1 Å². The molecule has 0 saturated carbocycles. The molecule has 1 heterocycles. The average Bonchev–Trinajstić information content (AvgIpc) is 2.57. The lowest BCUT2D eigenvalue weighted by Crippen LogP contribution is -1.90. The van der Waals surface area contributed by atoms with Crippen LogP contribution in [0.3, 0.4) is 0 Å². The molecule has 0 aliphatic heterocycles. The first-order chi connectivity index (χ1) is 6.66. The van der Waals surface area contributed by atoms with E-state index in [-0.39, 0.29) is 5.69 Å². The molecular formula is C9H8FN3O. The Morgan fingerprint density at radius 3 is 2.79 bits per heavy atom. The summed E-state index contributed by atoms with van der Waals surface area (Å²) in [5.74, 6) is 0.419. The van der Waals surface area contributed by atoms with Gasteiger partial charge in [-0.15, -0.1) is 0 Å². The van der Waals surface area contributed by atoms with Gasteiger partial charge in [-0.3, -0.25) is 0 Å². The standard InChI is InChI=1S/C9H8FN3O/c1-5-12-9(14-13-5)6-2-3-7(10)8(11)4-6/h2-4H,11H2,1H3. The van der Waals surface area contributed by atoms with Crippen LogP contribution in [0, 0.1) is 12.7 Å². The van der Waals surface area contributed by atoms with Gasteiger partial charge in [-0.1, -0.05) is 5.16 Å². The van der Waals surface area contributed by atoms with Crippen molar-refractivity contribution in [3.05, 3.63) is 29.8 Å². The monoisotopic (exact) mass is 193 g/mol. The van der Waals surface area contributed by atoms with Gasteiger partial charge in [-0.2, -0.15) is 4.98 Å². The minimum absolute atomic E-state index is 0.0679. The molecule has 0 radical (unpaired) electrons. The number of rotatable bonds is 1. The van der Waals surface area contributed by atoms with Gasteiger partial charge in [0.25, 0.3) is 5.89 Å². The van der Waals surface area contributed by atoms with E-state index in [9.17, 15) is 4.39 Å². The van der Waals surface area contributed by atoms with Gasteiger partial charge in [-0.25, -0.2) is 4.39 Å². The molecule has 0 spiro atoms. The Morgan fingerprint density at radius 1 is 1.43 bits per heavy atom. The molecule has 0 amide bonds. The molecule has 0 bridgehead atoms. The quantitative estimate of drug-likeness (QED) is 0.701. The van der Waals surface area contributed by atoms with E-state index in [0.717, 1.165) is 0 Å². The molecule has 0 saturated heterocycles. The van der Waals surface area contributed by atoms with Gasteiger partial charge in [0, 0.05) is 5.56 Å². The molecule has 0 aliphatic carbocycles. The summed E-state index contributed by atoms with van der Waals surface area (Å²) >= 11 is 0. The smallest absolute Gasteiger partial charge is 0.257 e. The summed E-state index contributed by atoms with van der Waals surface area (Å²) in [5, 5.41) is 3.62. The highest BCUT2D eigenvalue weighted by Gasteiger charge is 2.07. The highest BCUT2D eigenvalue weighted by molar-refractivity contribution is 5.59. The number of aromatic nitrogens is 2. The van der Waals surface area contributed by atoms with Crippen molar-refractivity contribution in [2.45, 2.75) is 6.92 Å². The van der Waals surface area contributed by atoms with Crippen LogP contribution < -0.4 is 5.73 Å². The summed E-state index contributed by atoms with van der Waals surface area (Å²) < 4.78 is 17.7. The molecule has 1 aromatic heterocycles. The summed E-state index contributed by atoms with van der Waals surface area (Å²) in [4.78, 5) is 4.00. The molecule has 4 nitrogen and oxygen atoms in total. The summed E-state index contributed by atoms with van der Waals surface area (Å²) in [7, 11) is 0. The summed E-state index contributed by atoms with van der Waals surface area (Å²) in [6.07, 6.45) is 0. The number of nitrogen functional groups attached to an aromatic ring is 1. The van der Waals surface area contributed by atoms with Crippen LogP contribution in [0.5, 0.6) is 0 Å². The fourth-order valence-corrected chi connectivity index (χ4v) is 1.09. The summed E-state index contributed by atoms with van der Waals surface area (Å²) in [6, 6.07) is 4.27. The molecule has 14 heavy (non-hydrogen) atoms. The van der Waals surface area contributed by atoms with Crippen molar-refractivity contribution in [3.8, 4) is 11.5 Å². The summed E-state index contributed by atoms with van der Waals surface area (Å²) in [5.41, 5.74) is 6.08. The number of hydrogen-bond donors (Lipinski definition) is 1. The highest BCUT2D eigenvalue weighted by atomic mass is 19.1. The van der Waals surface area contributed by atoms with Crippen LogP contribution in [-0.2, 0) is 0 Å². The van der Waals surface area contributed by atoms with Gasteiger partial charge in [-0.05, 0) is 25.1 Å². The molecule has 2 N–H and O–H groups in total. The van der Waals surface area contributed by atoms with E-state index in [1.54, 1.807) is 13.0 Å². The molecular weight excluding hydrogens is 185 g/mol. The molecule has 0 atom stereocenters. The van der Waals surface area contributed by atoms with Crippen molar-refractivity contribution in [3.63, 3.8) is 0 Å². The zero-order valence-corrected chi connectivity index (χ0v) is 7.49. The predicted molar refractivity (Wildman–Crippen MR) is 48.8 cm³/mol. The lowest BCUT2D eigenvalue weighted by Gasteiger charge is -1.97. The van der Waals surface area contributed by atoms with Crippen LogP contribution in [0.15, 0.2) is 22.7 Å². The minimum atomic E-state index is -0.454. The van der Waals surface area contributed by atoms with Gasteiger partial charge in [0.2, 0.25) is 0 Å². The maximum Gasteiger partial charge on any atom is 0.257 e. The topological polar surface area (TPSA) is 64.9 Å². The molecule has 0 fully saturated rings. The zero-order valence-electron chi connectivity index (χ0n) is 7.49. The second kappa shape index (κ2) is 3.10. The third-order valence-corrected chi connectivity index (χ3v) is 1.77. The third kappa shape index (κ3) is 1.44. The lowest BCUT2D eigenvalue weighted by molar-refractivity contribution is 0.425. The Kier molecular flexibility index (Phi) is 1.92. The van der Waals surface area contributed by atoms with Gasteiger partial charge < -0.3 is 10.3 Å². The number of benzene rings is 1. The first-order valence-electron chi connectivity index (χ1n) is 4.02. The summed E-state index contributed by atoms with van der Waals surface area (Å²) in [6.45, 7) is 1.71. The van der Waals surface area contributed by atoms with Gasteiger partial charge in [0.1, 0.15) is 5.82 Å². The molecule has 2 rings (SSSR count). The first kappa shape index (κ1) is 8.68. The van der Waals surface area contributed by atoms with Crippen LogP contribution in [0.25, 0.3) is 11.5 Å². The SMILES string of the molecule is Cc1noc(-c2ccc(F)c(N)c2)n1. The molecule has 5 heteroatoms. The zero-order chi connectivity index (χ0) is 10.1. The number of aryl methyl sites for hydroxylation is 1. The first-order valence-corrected chi connectivity index (χ1v) is 4.02. The predicted octanol–water partition coefficient (Wildman–Crippen LogP) is 1.77. The Bertz CT molecular complexity index is 467. The molecule has 0 unspecified atom stereocenters. The Balaban J connectivity index is 2.47. The van der Waals surface area contributed by atoms with Crippen LogP contribution in [0.2, 0.25) is 0 Å². The van der Waals surface area contributed by atoms with E-state index in [2.05, 4.69) is 10.1 Å². The maximum absolute atomic E-state index is 12.8. The van der Waals surface area contributed by atoms with Crippen LogP contribution in [0.4, 0.5) is 10.1 Å². The number of nitrogens with two attached hydrogens (primary N) is 1. The van der Waals surface area contributed by atoms with E-state index >= 15 is 0 Å². The highest BCUT2D eigenvalue weighted by Crippen LogP contribution is 2.21. The molecule has 0 aliphatic rings. The number of halogens is 1. The van der Waals surface area contributed by atoms with E-state index in [1.807, 2.05) is 0 Å². The Morgan fingerprint density at radius 2 is 2.21 bits per heavy atom. The molecule has 72 valence electrons. The normalized spacial score (nSPS) is 10.4. The maximum atomic E-state index is 12.8. The van der Waals surface area contributed by atoms with Crippen LogP contribution in [-0.4, -0.2) is 10.1 Å². The number of nitrogens with zero attached hydrogens (tertiary/aromatic N) is 2. The fraction of sp³-hybridized carbons (Fsp3) is 0.111. The largest absolute Gasteiger partial charge is 0.396 e. The van der Waals surface area contributed by atoms with Crippen LogP contribution in [0.1, 0.15) is 5.82 Å². The minimum Gasteiger partial charge on any atom is -0.396 e. The Hall–Kier alpha value is -1.91. The average molecular weight is 193 g/mol. The molecule has 1 aromatic carbocycles. The van der Waals surface area contributed by atoms with Crippen LogP contribution >= 0.6 is 0 Å². The van der Waals surface area contributed by atoms with Crippen molar-refractivity contribution in [1.82, 2.24) is 10.1 Å². The van der Waals surface area contributed by atoms with E-state index < -0.39 is 5.82 Å². The lowest BCUT2D eigenvalue weighted by atomic mass is 10.2. The van der Waals surface area contributed by atoms with Crippen molar-refractivity contribution in [1.29, 1.82) is 0 Å². The van der Waals surface area contributed by atoms with E-state index in [0.29, 0.717) is 17.3 Å². The van der Waals surface area contributed by atoms with Crippen molar-refractivity contribution in [2.24, 2.45) is 0 Å². The van der Waals surface area contributed by atoms with E-state index in [4.69, 9.17) is 10.3 Å². The number of hydrogen-bond acceptors (Lipinski definition) is 4. The van der Waals surface area contributed by atoms with Gasteiger partial charge in [0.15, 0.2) is 5.82 Å². The van der Waals surface area contributed by atoms with Crippen molar-refractivity contribution < 1.29 is 8.91 Å².